The molecule has 0 aromatic carbocycles. The summed E-state index contributed by atoms with van der Waals surface area (Å²) in [5, 5.41) is 11.1. The lowest BCUT2D eigenvalue weighted by Crippen LogP contribution is -2.57. The smallest absolute Gasteiger partial charge is 0.146 e. The molecular weight excluding hydrogens is 368 g/mol. The minimum absolute atomic E-state index is 0.126. The Labute approximate surface area is 175 Å². The van der Waals surface area contributed by atoms with Gasteiger partial charge < -0.3 is 15.4 Å². The molecule has 5 atom stereocenters. The van der Waals surface area contributed by atoms with E-state index in [1.54, 1.807) is 0 Å². The van der Waals surface area contributed by atoms with Crippen LogP contribution in [0.15, 0.2) is 0 Å². The first-order valence-corrected chi connectivity index (χ1v) is 12.0. The topological polar surface area (TPSA) is 73.1 Å². The first-order valence-electron chi connectivity index (χ1n) is 12.0. The molecular formula is C21H40N6O2. The van der Waals surface area contributed by atoms with Gasteiger partial charge in [-0.3, -0.25) is 20.0 Å². The van der Waals surface area contributed by atoms with E-state index in [0.29, 0.717) is 18.1 Å². The van der Waals surface area contributed by atoms with Crippen LogP contribution in [0.2, 0.25) is 0 Å². The number of ether oxygens (including phenoxy) is 1. The highest BCUT2D eigenvalue weighted by atomic mass is 16.7. The van der Waals surface area contributed by atoms with Crippen molar-refractivity contribution in [3.05, 3.63) is 0 Å². The molecule has 5 saturated heterocycles. The highest BCUT2D eigenvalue weighted by molar-refractivity contribution is 4.92. The summed E-state index contributed by atoms with van der Waals surface area (Å²) >= 11 is 0. The average molecular weight is 409 g/mol. The number of likely N-dealkylation sites (tertiary alicyclic amines) is 1. The maximum atomic E-state index is 6.13. The van der Waals surface area contributed by atoms with E-state index in [1.807, 2.05) is 0 Å². The molecule has 4 N–H and O–H groups in total. The van der Waals surface area contributed by atoms with Crippen LogP contribution in [0.4, 0.5) is 0 Å². The molecule has 29 heavy (non-hydrogen) atoms. The van der Waals surface area contributed by atoms with Gasteiger partial charge in [0.25, 0.3) is 0 Å². The number of nitrogens with zero attached hydrogens (tertiary/aromatic N) is 2. The van der Waals surface area contributed by atoms with Crippen molar-refractivity contribution in [1.82, 2.24) is 31.2 Å². The van der Waals surface area contributed by atoms with Crippen LogP contribution in [0.5, 0.6) is 0 Å². The van der Waals surface area contributed by atoms with Gasteiger partial charge in [0.2, 0.25) is 0 Å². The van der Waals surface area contributed by atoms with Gasteiger partial charge in [-0.1, -0.05) is 0 Å². The molecule has 5 unspecified atom stereocenters. The summed E-state index contributed by atoms with van der Waals surface area (Å²) in [6.07, 6.45) is 8.43. The van der Waals surface area contributed by atoms with Crippen molar-refractivity contribution in [3.63, 3.8) is 0 Å². The van der Waals surface area contributed by atoms with Crippen LogP contribution in [0.3, 0.4) is 0 Å². The summed E-state index contributed by atoms with van der Waals surface area (Å²) in [5.74, 6) is 1.45. The normalized spacial score (nSPS) is 41.2. The highest BCUT2D eigenvalue weighted by Crippen LogP contribution is 2.29. The van der Waals surface area contributed by atoms with Gasteiger partial charge in [-0.15, -0.1) is 0 Å². The fraction of sp³-hybridized carbons (Fsp3) is 1.00. The van der Waals surface area contributed by atoms with E-state index in [9.17, 15) is 0 Å². The molecule has 0 radical (unpaired) electrons. The summed E-state index contributed by atoms with van der Waals surface area (Å²) in [7, 11) is 0. The van der Waals surface area contributed by atoms with Crippen molar-refractivity contribution in [2.75, 3.05) is 59.0 Å². The quantitative estimate of drug-likeness (QED) is 0.502. The SMILES string of the molecule is C1CC(C2NC(C3CCNC(N4CCOCC4)C3)NO2)N(CC2CCNCC2)C1. The van der Waals surface area contributed by atoms with Crippen molar-refractivity contribution in [2.24, 2.45) is 11.8 Å². The van der Waals surface area contributed by atoms with Crippen LogP contribution >= 0.6 is 0 Å². The van der Waals surface area contributed by atoms with E-state index in [4.69, 9.17) is 9.57 Å². The summed E-state index contributed by atoms with van der Waals surface area (Å²) < 4.78 is 5.53. The molecule has 5 aliphatic rings. The molecule has 0 aliphatic carbocycles. The molecule has 0 aromatic heterocycles. The number of piperidine rings is 2. The molecule has 166 valence electrons. The third-order valence-corrected chi connectivity index (χ3v) is 7.76. The molecule has 0 amide bonds. The van der Waals surface area contributed by atoms with E-state index in [2.05, 4.69) is 31.2 Å². The Kier molecular flexibility index (Phi) is 7.00. The third-order valence-electron chi connectivity index (χ3n) is 7.76. The van der Waals surface area contributed by atoms with Gasteiger partial charge in [0.05, 0.1) is 31.6 Å². The Hall–Kier alpha value is -0.320. The summed E-state index contributed by atoms with van der Waals surface area (Å²) in [6, 6.07) is 0.513. The van der Waals surface area contributed by atoms with Crippen molar-refractivity contribution in [2.45, 2.75) is 63.1 Å². The van der Waals surface area contributed by atoms with Crippen LogP contribution in [-0.2, 0) is 9.57 Å². The number of hydrogen-bond acceptors (Lipinski definition) is 8. The van der Waals surface area contributed by atoms with E-state index in [-0.39, 0.29) is 12.4 Å². The van der Waals surface area contributed by atoms with Crippen molar-refractivity contribution in [3.8, 4) is 0 Å². The van der Waals surface area contributed by atoms with Gasteiger partial charge in [-0.05, 0) is 76.5 Å². The molecule has 5 fully saturated rings. The second-order valence-corrected chi connectivity index (χ2v) is 9.60. The molecule has 8 nitrogen and oxygen atoms in total. The zero-order chi connectivity index (χ0) is 19.5. The number of hydroxylamine groups is 1. The molecule has 5 aliphatic heterocycles. The van der Waals surface area contributed by atoms with E-state index in [0.717, 1.165) is 38.8 Å². The lowest BCUT2D eigenvalue weighted by atomic mass is 9.92. The van der Waals surface area contributed by atoms with Crippen LogP contribution < -0.4 is 21.4 Å². The van der Waals surface area contributed by atoms with Crippen molar-refractivity contribution >= 4 is 0 Å². The predicted molar refractivity (Wildman–Crippen MR) is 112 cm³/mol. The van der Waals surface area contributed by atoms with Crippen molar-refractivity contribution in [1.29, 1.82) is 0 Å². The molecule has 0 spiro atoms. The van der Waals surface area contributed by atoms with Crippen LogP contribution in [0.25, 0.3) is 0 Å². The fourth-order valence-corrected chi connectivity index (χ4v) is 6.02. The second kappa shape index (κ2) is 9.87. The summed E-state index contributed by atoms with van der Waals surface area (Å²) in [5.41, 5.74) is 3.38. The molecule has 8 heteroatoms. The van der Waals surface area contributed by atoms with Crippen LogP contribution in [0.1, 0.15) is 38.5 Å². The number of morpholine rings is 1. The van der Waals surface area contributed by atoms with E-state index >= 15 is 0 Å². The molecule has 0 saturated carbocycles. The average Bonchev–Trinajstić information content (AvgIpc) is 3.45. The molecule has 5 rings (SSSR count). The summed E-state index contributed by atoms with van der Waals surface area (Å²) in [6.45, 7) is 9.74. The minimum Gasteiger partial charge on any atom is -0.379 e. The number of rotatable bonds is 5. The Balaban J connectivity index is 1.13. The predicted octanol–water partition coefficient (Wildman–Crippen LogP) is -0.115. The van der Waals surface area contributed by atoms with Gasteiger partial charge in [0, 0.05) is 19.6 Å². The highest BCUT2D eigenvalue weighted by Gasteiger charge is 2.41. The Morgan fingerprint density at radius 3 is 2.66 bits per heavy atom. The Morgan fingerprint density at radius 2 is 1.79 bits per heavy atom. The van der Waals surface area contributed by atoms with E-state index in [1.165, 1.54) is 64.7 Å². The first-order chi connectivity index (χ1) is 14.4. The van der Waals surface area contributed by atoms with Gasteiger partial charge in [-0.25, -0.2) is 0 Å². The maximum Gasteiger partial charge on any atom is 0.146 e. The lowest BCUT2D eigenvalue weighted by molar-refractivity contribution is -0.0304. The second-order valence-electron chi connectivity index (χ2n) is 9.60. The van der Waals surface area contributed by atoms with Gasteiger partial charge in [-0.2, -0.15) is 5.48 Å². The number of hydrogen-bond donors (Lipinski definition) is 4. The lowest BCUT2D eigenvalue weighted by Gasteiger charge is -2.41. The Morgan fingerprint density at radius 1 is 0.931 bits per heavy atom. The van der Waals surface area contributed by atoms with Crippen LogP contribution in [0, 0.1) is 11.8 Å². The number of nitrogens with one attached hydrogen (secondary N) is 4. The van der Waals surface area contributed by atoms with Gasteiger partial charge in [0.1, 0.15) is 6.23 Å². The van der Waals surface area contributed by atoms with E-state index < -0.39 is 0 Å². The minimum atomic E-state index is 0.126. The van der Waals surface area contributed by atoms with Gasteiger partial charge in [0.15, 0.2) is 0 Å². The molecule has 0 bridgehead atoms. The molecule has 5 heterocycles. The Bertz CT molecular complexity index is 513. The molecule has 0 aromatic rings. The largest absolute Gasteiger partial charge is 0.379 e. The van der Waals surface area contributed by atoms with Crippen molar-refractivity contribution < 1.29 is 9.57 Å². The van der Waals surface area contributed by atoms with Gasteiger partial charge >= 0.3 is 0 Å². The maximum absolute atomic E-state index is 6.13. The fourth-order valence-electron chi connectivity index (χ4n) is 6.02. The third kappa shape index (κ3) is 4.96. The van der Waals surface area contributed by atoms with Crippen LogP contribution in [-0.4, -0.2) is 93.4 Å². The zero-order valence-electron chi connectivity index (χ0n) is 17.8. The zero-order valence-corrected chi connectivity index (χ0v) is 17.8. The standard InChI is InChI=1S/C21H40N6O2/c1-2-18(27(9-1)15-16-3-6-22-7-4-16)21-24-20(25-29-21)17-5-8-23-19(14-17)26-10-12-28-13-11-26/h16-25H,1-15H2. The monoisotopic (exact) mass is 408 g/mol. The summed E-state index contributed by atoms with van der Waals surface area (Å²) in [4.78, 5) is 11.4. The first kappa shape index (κ1) is 20.6.